The lowest BCUT2D eigenvalue weighted by Crippen LogP contribution is -2.44. The summed E-state index contributed by atoms with van der Waals surface area (Å²) in [6, 6.07) is 1.60. The molecule has 2 unspecified atom stereocenters. The molecule has 2 atom stereocenters. The first-order chi connectivity index (χ1) is 6.77. The third-order valence-electron chi connectivity index (χ3n) is 4.11. The second-order valence-electron chi connectivity index (χ2n) is 7.60. The highest BCUT2D eigenvalue weighted by atomic mass is 15.0. The molecule has 0 amide bonds. The standard InChI is InChI=1S/C14H27N/c1-10-6-12(10)15-11-7-13(2,3)9-14(4,5)8-11/h10-12,15H,6-9H2,1-5H3. The Kier molecular flexibility index (Phi) is 2.65. The van der Waals surface area contributed by atoms with Gasteiger partial charge < -0.3 is 5.32 Å². The van der Waals surface area contributed by atoms with Gasteiger partial charge in [0, 0.05) is 12.1 Å². The van der Waals surface area contributed by atoms with Crippen LogP contribution in [0.15, 0.2) is 0 Å². The van der Waals surface area contributed by atoms with E-state index in [1.165, 1.54) is 25.7 Å². The molecular formula is C14H27N. The van der Waals surface area contributed by atoms with Crippen LogP contribution in [-0.4, -0.2) is 12.1 Å². The van der Waals surface area contributed by atoms with Crippen LogP contribution < -0.4 is 5.32 Å². The Morgan fingerprint density at radius 3 is 1.87 bits per heavy atom. The van der Waals surface area contributed by atoms with Gasteiger partial charge in [-0.3, -0.25) is 0 Å². The van der Waals surface area contributed by atoms with E-state index in [1.54, 1.807) is 0 Å². The van der Waals surface area contributed by atoms with Crippen molar-refractivity contribution >= 4 is 0 Å². The fourth-order valence-corrected chi connectivity index (χ4v) is 3.82. The van der Waals surface area contributed by atoms with Gasteiger partial charge in [-0.25, -0.2) is 0 Å². The highest BCUT2D eigenvalue weighted by Gasteiger charge is 2.41. The van der Waals surface area contributed by atoms with Crippen molar-refractivity contribution in [3.63, 3.8) is 0 Å². The number of rotatable bonds is 2. The van der Waals surface area contributed by atoms with Gasteiger partial charge in [-0.1, -0.05) is 34.6 Å². The van der Waals surface area contributed by atoms with E-state index >= 15 is 0 Å². The van der Waals surface area contributed by atoms with Gasteiger partial charge >= 0.3 is 0 Å². The first-order valence-corrected chi connectivity index (χ1v) is 6.54. The molecule has 0 aromatic heterocycles. The summed E-state index contributed by atoms with van der Waals surface area (Å²) < 4.78 is 0. The zero-order chi connectivity index (χ0) is 11.3. The molecule has 0 radical (unpaired) electrons. The Bertz CT molecular complexity index is 226. The van der Waals surface area contributed by atoms with Gasteiger partial charge in [-0.05, 0) is 42.4 Å². The van der Waals surface area contributed by atoms with Crippen molar-refractivity contribution in [2.45, 2.75) is 72.4 Å². The molecule has 1 N–H and O–H groups in total. The highest BCUT2D eigenvalue weighted by molar-refractivity contribution is 4.97. The SMILES string of the molecule is CC1CC1NC1CC(C)(C)CC(C)(C)C1. The highest BCUT2D eigenvalue weighted by Crippen LogP contribution is 2.46. The smallest absolute Gasteiger partial charge is 0.00989 e. The van der Waals surface area contributed by atoms with E-state index < -0.39 is 0 Å². The van der Waals surface area contributed by atoms with Crippen LogP contribution in [-0.2, 0) is 0 Å². The average molecular weight is 209 g/mol. The molecule has 1 nitrogen and oxygen atoms in total. The molecule has 15 heavy (non-hydrogen) atoms. The molecule has 0 saturated heterocycles. The maximum atomic E-state index is 3.85. The van der Waals surface area contributed by atoms with Crippen LogP contribution in [0.3, 0.4) is 0 Å². The molecule has 0 spiro atoms. The fraction of sp³-hybridized carbons (Fsp3) is 1.00. The number of nitrogens with one attached hydrogen (secondary N) is 1. The molecule has 0 heterocycles. The predicted octanol–water partition coefficient (Wildman–Crippen LogP) is 3.59. The van der Waals surface area contributed by atoms with E-state index in [9.17, 15) is 0 Å². The minimum absolute atomic E-state index is 0.525. The molecular weight excluding hydrogens is 182 g/mol. The lowest BCUT2D eigenvalue weighted by atomic mass is 9.63. The lowest BCUT2D eigenvalue weighted by molar-refractivity contribution is 0.0840. The average Bonchev–Trinajstić information content (AvgIpc) is 2.57. The summed E-state index contributed by atoms with van der Waals surface area (Å²) in [5.74, 6) is 0.929. The molecule has 0 aliphatic heterocycles. The Labute approximate surface area is 95.0 Å². The van der Waals surface area contributed by atoms with E-state index in [4.69, 9.17) is 0 Å². The van der Waals surface area contributed by atoms with Crippen molar-refractivity contribution in [2.75, 3.05) is 0 Å². The van der Waals surface area contributed by atoms with Crippen LogP contribution >= 0.6 is 0 Å². The Hall–Kier alpha value is -0.0400. The zero-order valence-corrected chi connectivity index (χ0v) is 11.1. The van der Waals surface area contributed by atoms with Gasteiger partial charge in [-0.2, -0.15) is 0 Å². The van der Waals surface area contributed by atoms with E-state index in [-0.39, 0.29) is 0 Å². The van der Waals surface area contributed by atoms with Crippen LogP contribution in [0.1, 0.15) is 60.3 Å². The first kappa shape index (κ1) is 11.4. The monoisotopic (exact) mass is 209 g/mol. The second-order valence-corrected chi connectivity index (χ2v) is 7.60. The van der Waals surface area contributed by atoms with Gasteiger partial charge in [0.25, 0.3) is 0 Å². The minimum Gasteiger partial charge on any atom is -0.311 e. The van der Waals surface area contributed by atoms with E-state index in [2.05, 4.69) is 39.9 Å². The van der Waals surface area contributed by atoms with Crippen LogP contribution in [0.4, 0.5) is 0 Å². The molecule has 2 saturated carbocycles. The van der Waals surface area contributed by atoms with Crippen LogP contribution in [0.5, 0.6) is 0 Å². The molecule has 0 bridgehead atoms. The summed E-state index contributed by atoms with van der Waals surface area (Å²) in [5, 5.41) is 3.85. The Morgan fingerprint density at radius 1 is 1.00 bits per heavy atom. The van der Waals surface area contributed by atoms with Gasteiger partial charge in [-0.15, -0.1) is 0 Å². The summed E-state index contributed by atoms with van der Waals surface area (Å²) in [6.07, 6.45) is 5.50. The molecule has 2 aliphatic carbocycles. The largest absolute Gasteiger partial charge is 0.311 e. The van der Waals surface area contributed by atoms with Crippen molar-refractivity contribution in [2.24, 2.45) is 16.7 Å². The van der Waals surface area contributed by atoms with E-state index in [1.807, 2.05) is 0 Å². The maximum absolute atomic E-state index is 3.85. The quantitative estimate of drug-likeness (QED) is 0.733. The van der Waals surface area contributed by atoms with Crippen LogP contribution in [0.2, 0.25) is 0 Å². The molecule has 2 aliphatic rings. The third-order valence-corrected chi connectivity index (χ3v) is 4.11. The summed E-state index contributed by atoms with van der Waals surface area (Å²) >= 11 is 0. The zero-order valence-electron chi connectivity index (χ0n) is 11.1. The van der Waals surface area contributed by atoms with Gasteiger partial charge in [0.1, 0.15) is 0 Å². The molecule has 2 rings (SSSR count). The van der Waals surface area contributed by atoms with Crippen molar-refractivity contribution in [1.82, 2.24) is 5.32 Å². The fourth-order valence-electron chi connectivity index (χ4n) is 3.82. The molecule has 1 heteroatoms. The normalized spacial score (nSPS) is 39.0. The van der Waals surface area contributed by atoms with Crippen LogP contribution in [0, 0.1) is 16.7 Å². The maximum Gasteiger partial charge on any atom is 0.00989 e. The number of hydrogen-bond donors (Lipinski definition) is 1. The van der Waals surface area contributed by atoms with Gasteiger partial charge in [0.15, 0.2) is 0 Å². The third kappa shape index (κ3) is 2.96. The molecule has 2 fully saturated rings. The summed E-state index contributed by atoms with van der Waals surface area (Å²) in [7, 11) is 0. The molecule has 0 aromatic rings. The Balaban J connectivity index is 1.94. The van der Waals surface area contributed by atoms with Crippen molar-refractivity contribution in [3.05, 3.63) is 0 Å². The lowest BCUT2D eigenvalue weighted by Gasteiger charge is -2.45. The van der Waals surface area contributed by atoms with Gasteiger partial charge in [0.2, 0.25) is 0 Å². The van der Waals surface area contributed by atoms with Crippen LogP contribution in [0.25, 0.3) is 0 Å². The van der Waals surface area contributed by atoms with Gasteiger partial charge in [0.05, 0.1) is 0 Å². The summed E-state index contributed by atoms with van der Waals surface area (Å²) in [4.78, 5) is 0. The van der Waals surface area contributed by atoms with Crippen molar-refractivity contribution < 1.29 is 0 Å². The van der Waals surface area contributed by atoms with E-state index in [0.717, 1.165) is 18.0 Å². The number of hydrogen-bond acceptors (Lipinski definition) is 1. The van der Waals surface area contributed by atoms with Crippen molar-refractivity contribution in [3.8, 4) is 0 Å². The molecule has 0 aromatic carbocycles. The van der Waals surface area contributed by atoms with Crippen molar-refractivity contribution in [1.29, 1.82) is 0 Å². The first-order valence-electron chi connectivity index (χ1n) is 6.54. The minimum atomic E-state index is 0.525. The summed E-state index contributed by atoms with van der Waals surface area (Å²) in [6.45, 7) is 12.1. The predicted molar refractivity (Wildman–Crippen MR) is 65.9 cm³/mol. The molecule has 88 valence electrons. The summed E-state index contributed by atoms with van der Waals surface area (Å²) in [5.41, 5.74) is 1.05. The topological polar surface area (TPSA) is 12.0 Å². The Morgan fingerprint density at radius 2 is 1.47 bits per heavy atom. The van der Waals surface area contributed by atoms with E-state index in [0.29, 0.717) is 10.8 Å². The second kappa shape index (κ2) is 3.48.